The number of anilines is 4. The highest BCUT2D eigenvalue weighted by molar-refractivity contribution is 7.89. The summed E-state index contributed by atoms with van der Waals surface area (Å²) in [5.41, 5.74) is 1.39. The number of sulfonamides is 1. The first-order valence-corrected chi connectivity index (χ1v) is 10.5. The Labute approximate surface area is 169 Å². The highest BCUT2D eigenvalue weighted by atomic mass is 32.2. The fourth-order valence-corrected chi connectivity index (χ4v) is 3.35. The number of carboxylic acid groups (broad SMARTS) is 1. The number of primary sulfonamides is 1. The van der Waals surface area contributed by atoms with E-state index in [-0.39, 0.29) is 22.1 Å². The maximum Gasteiger partial charge on any atom is 0.335 e. The van der Waals surface area contributed by atoms with Crippen molar-refractivity contribution in [3.63, 3.8) is 0 Å². The summed E-state index contributed by atoms with van der Waals surface area (Å²) in [5, 5.41) is 23.4. The Morgan fingerprint density at radius 1 is 1.10 bits per heavy atom. The molecule has 6 N–H and O–H groups in total. The van der Waals surface area contributed by atoms with Gasteiger partial charge in [-0.3, -0.25) is 4.79 Å². The third kappa shape index (κ3) is 6.19. The number of hydrogen-bond acceptors (Lipinski definition) is 6. The zero-order valence-corrected chi connectivity index (χ0v) is 17.0. The minimum Gasteiger partial charge on any atom is -0.478 e. The lowest BCUT2D eigenvalue weighted by Gasteiger charge is -2.18. The van der Waals surface area contributed by atoms with Gasteiger partial charge in [-0.2, -0.15) is 0 Å². The third-order valence-corrected chi connectivity index (χ3v) is 4.91. The predicted molar refractivity (Wildman–Crippen MR) is 112 cm³/mol. The SMILES string of the molecule is CCCCNc1cc(C(=O)O)cc(S(N)(=O)=O)c1Nc1ccc(NC(C)=O)cc1. The Morgan fingerprint density at radius 2 is 1.72 bits per heavy atom. The average Bonchev–Trinajstić information content (AvgIpc) is 2.63. The lowest BCUT2D eigenvalue weighted by Crippen LogP contribution is -2.17. The van der Waals surface area contributed by atoms with Gasteiger partial charge < -0.3 is 21.1 Å². The highest BCUT2D eigenvalue weighted by Crippen LogP contribution is 2.34. The second-order valence-electron chi connectivity index (χ2n) is 6.41. The van der Waals surface area contributed by atoms with E-state index in [4.69, 9.17) is 5.14 Å². The number of benzene rings is 2. The minimum atomic E-state index is -4.21. The number of carbonyl (C=O) groups is 2. The minimum absolute atomic E-state index is 0.154. The summed E-state index contributed by atoms with van der Waals surface area (Å²) in [5.74, 6) is -1.48. The Kier molecular flexibility index (Phi) is 7.18. The fourth-order valence-electron chi connectivity index (χ4n) is 2.62. The van der Waals surface area contributed by atoms with Gasteiger partial charge in [0.05, 0.1) is 16.9 Å². The van der Waals surface area contributed by atoms with Crippen LogP contribution in [0.3, 0.4) is 0 Å². The van der Waals surface area contributed by atoms with E-state index < -0.39 is 16.0 Å². The van der Waals surface area contributed by atoms with Crippen LogP contribution in [0, 0.1) is 0 Å². The molecular weight excluding hydrogens is 396 g/mol. The highest BCUT2D eigenvalue weighted by Gasteiger charge is 2.21. The number of nitrogens with one attached hydrogen (secondary N) is 3. The van der Waals surface area contributed by atoms with Crippen LogP contribution in [0.2, 0.25) is 0 Å². The van der Waals surface area contributed by atoms with Crippen LogP contribution in [0.4, 0.5) is 22.7 Å². The van der Waals surface area contributed by atoms with Crippen LogP contribution in [0.5, 0.6) is 0 Å². The van der Waals surface area contributed by atoms with Crippen LogP contribution in [0.1, 0.15) is 37.0 Å². The summed E-state index contributed by atoms with van der Waals surface area (Å²) in [6, 6.07) is 8.99. The molecule has 0 saturated carbocycles. The molecule has 0 radical (unpaired) electrons. The van der Waals surface area contributed by atoms with Gasteiger partial charge in [-0.15, -0.1) is 0 Å². The zero-order valence-electron chi connectivity index (χ0n) is 16.2. The van der Waals surface area contributed by atoms with E-state index >= 15 is 0 Å². The van der Waals surface area contributed by atoms with Crippen molar-refractivity contribution in [2.45, 2.75) is 31.6 Å². The molecule has 2 aromatic carbocycles. The van der Waals surface area contributed by atoms with Crippen LogP contribution >= 0.6 is 0 Å². The Morgan fingerprint density at radius 3 is 2.24 bits per heavy atom. The quantitative estimate of drug-likeness (QED) is 0.391. The molecule has 0 aromatic heterocycles. The lowest BCUT2D eigenvalue weighted by atomic mass is 10.1. The number of rotatable bonds is 9. The number of amides is 1. The Bertz CT molecular complexity index is 1000. The van der Waals surface area contributed by atoms with Crippen LogP contribution in [-0.4, -0.2) is 31.9 Å². The molecular formula is C19H24N4O5S. The first-order chi connectivity index (χ1) is 13.6. The molecule has 0 bridgehead atoms. The van der Waals surface area contributed by atoms with Gasteiger partial charge in [0.1, 0.15) is 4.90 Å². The molecule has 0 atom stereocenters. The van der Waals surface area contributed by atoms with Gasteiger partial charge in [-0.05, 0) is 42.8 Å². The van der Waals surface area contributed by atoms with E-state index in [0.717, 1.165) is 18.9 Å². The van der Waals surface area contributed by atoms with Crippen LogP contribution in [0.15, 0.2) is 41.3 Å². The van der Waals surface area contributed by atoms with Crippen molar-refractivity contribution in [2.75, 3.05) is 22.5 Å². The molecule has 156 valence electrons. The summed E-state index contributed by atoms with van der Waals surface area (Å²) in [4.78, 5) is 22.2. The first-order valence-electron chi connectivity index (χ1n) is 8.94. The lowest BCUT2D eigenvalue weighted by molar-refractivity contribution is -0.114. The summed E-state index contributed by atoms with van der Waals surface area (Å²) >= 11 is 0. The van der Waals surface area contributed by atoms with Gasteiger partial charge in [0.15, 0.2) is 0 Å². The first kappa shape index (κ1) is 22.2. The van der Waals surface area contributed by atoms with Crippen LogP contribution < -0.4 is 21.1 Å². The third-order valence-electron chi connectivity index (χ3n) is 3.98. The largest absolute Gasteiger partial charge is 0.478 e. The van der Waals surface area contributed by atoms with Gasteiger partial charge in [0.25, 0.3) is 0 Å². The number of hydrogen-bond donors (Lipinski definition) is 5. The topological polar surface area (TPSA) is 151 Å². The monoisotopic (exact) mass is 420 g/mol. The van der Waals surface area contributed by atoms with Gasteiger partial charge in [0, 0.05) is 24.8 Å². The average molecular weight is 420 g/mol. The molecule has 0 fully saturated rings. The van der Waals surface area contributed by atoms with E-state index in [0.29, 0.717) is 23.6 Å². The van der Waals surface area contributed by atoms with Crippen molar-refractivity contribution in [1.82, 2.24) is 0 Å². The predicted octanol–water partition coefficient (Wildman–Crippen LogP) is 2.95. The van der Waals surface area contributed by atoms with E-state index in [1.165, 1.54) is 13.0 Å². The van der Waals surface area contributed by atoms with Gasteiger partial charge in [-0.1, -0.05) is 13.3 Å². The molecule has 1 amide bonds. The molecule has 0 saturated heterocycles. The summed E-state index contributed by atoms with van der Waals surface area (Å²) in [6.45, 7) is 3.92. The van der Waals surface area contributed by atoms with Crippen molar-refractivity contribution in [3.05, 3.63) is 42.0 Å². The van der Waals surface area contributed by atoms with Gasteiger partial charge in [0.2, 0.25) is 15.9 Å². The molecule has 0 aliphatic heterocycles. The molecule has 0 spiro atoms. The second kappa shape index (κ2) is 9.39. The number of carbonyl (C=O) groups excluding carboxylic acids is 1. The number of nitrogens with two attached hydrogens (primary N) is 1. The van der Waals surface area contributed by atoms with E-state index in [9.17, 15) is 23.1 Å². The van der Waals surface area contributed by atoms with E-state index in [2.05, 4.69) is 16.0 Å². The fraction of sp³-hybridized carbons (Fsp3) is 0.263. The van der Waals surface area contributed by atoms with E-state index in [1.54, 1.807) is 24.3 Å². The molecule has 0 aliphatic rings. The Hall–Kier alpha value is -3.11. The summed E-state index contributed by atoms with van der Waals surface area (Å²) in [7, 11) is -4.21. The molecule has 9 nitrogen and oxygen atoms in total. The molecule has 2 rings (SSSR count). The molecule has 0 unspecified atom stereocenters. The van der Waals surface area contributed by atoms with Crippen molar-refractivity contribution in [3.8, 4) is 0 Å². The number of aromatic carboxylic acids is 1. The smallest absolute Gasteiger partial charge is 0.335 e. The molecule has 2 aromatic rings. The normalized spacial score (nSPS) is 11.0. The molecule has 0 heterocycles. The second-order valence-corrected chi connectivity index (χ2v) is 7.94. The maximum atomic E-state index is 12.1. The number of carboxylic acids is 1. The molecule has 0 aliphatic carbocycles. The van der Waals surface area contributed by atoms with E-state index in [1.807, 2.05) is 6.92 Å². The van der Waals surface area contributed by atoms with Crippen molar-refractivity contribution in [2.24, 2.45) is 5.14 Å². The maximum absolute atomic E-state index is 12.1. The molecule has 10 heteroatoms. The van der Waals surface area contributed by atoms with Gasteiger partial charge in [-0.25, -0.2) is 18.4 Å². The summed E-state index contributed by atoms with van der Waals surface area (Å²) < 4.78 is 24.3. The van der Waals surface area contributed by atoms with Gasteiger partial charge >= 0.3 is 5.97 Å². The Balaban J connectivity index is 2.51. The summed E-state index contributed by atoms with van der Waals surface area (Å²) in [6.07, 6.45) is 1.72. The van der Waals surface area contributed by atoms with Crippen molar-refractivity contribution in [1.29, 1.82) is 0 Å². The standard InChI is InChI=1S/C19H24N4O5S/c1-3-4-9-21-16-10-13(19(25)26)11-17(29(20,27)28)18(16)23-15-7-5-14(6-8-15)22-12(2)24/h5-8,10-11,21,23H,3-4,9H2,1-2H3,(H,22,24)(H,25,26)(H2,20,27,28). The van der Waals surface area contributed by atoms with Crippen molar-refractivity contribution >= 4 is 44.6 Å². The van der Waals surface area contributed by atoms with Crippen LogP contribution in [0.25, 0.3) is 0 Å². The number of unbranched alkanes of at least 4 members (excludes halogenated alkanes) is 1. The zero-order chi connectivity index (χ0) is 21.6. The molecule has 29 heavy (non-hydrogen) atoms. The van der Waals surface area contributed by atoms with Crippen LogP contribution in [-0.2, 0) is 14.8 Å². The van der Waals surface area contributed by atoms with Crippen molar-refractivity contribution < 1.29 is 23.1 Å².